The molecule has 0 fully saturated rings. The van der Waals surface area contributed by atoms with E-state index < -0.39 is 73.2 Å². The van der Waals surface area contributed by atoms with Crippen LogP contribution in [0.3, 0.4) is 0 Å². The van der Waals surface area contributed by atoms with Crippen LogP contribution >= 0.6 is 0 Å². The molecule has 0 spiro atoms. The molecule has 8 aromatic rings. The Labute approximate surface area is 520 Å². The molecule has 0 unspecified atom stereocenters. The van der Waals surface area contributed by atoms with Crippen LogP contribution in [0, 0.1) is 11.6 Å². The quantitative estimate of drug-likeness (QED) is 0.0248. The smallest absolute Gasteiger partial charge is 0.550 e. The van der Waals surface area contributed by atoms with Gasteiger partial charge < -0.3 is 60.0 Å². The number of nitrogens with one attached hydrogen (secondary N) is 2. The minimum absolute atomic E-state index is 0. The number of hydrogen-bond donors (Lipinski definition) is 6. The van der Waals surface area contributed by atoms with Crippen LogP contribution in [0.5, 0.6) is 0 Å². The van der Waals surface area contributed by atoms with Crippen LogP contribution < -0.4 is 20.8 Å². The molecule has 440 valence electrons. The van der Waals surface area contributed by atoms with Gasteiger partial charge in [0, 0.05) is 71.8 Å². The second-order valence-corrected chi connectivity index (χ2v) is 20.9. The summed E-state index contributed by atoms with van der Waals surface area (Å²) in [5.41, 5.74) is 8.11. The molecule has 0 aliphatic carbocycles. The minimum atomic E-state index is -2.23. The zero-order chi connectivity index (χ0) is 60.8. The number of aliphatic hydroxyl groups excluding tert-OH is 4. The number of hydrogen-bond acceptors (Lipinski definition) is 10. The van der Waals surface area contributed by atoms with E-state index in [1.54, 1.807) is 72.8 Å². The van der Waals surface area contributed by atoms with E-state index in [1.807, 2.05) is 110 Å². The van der Waals surface area contributed by atoms with Gasteiger partial charge in [0.05, 0.1) is 46.9 Å². The molecule has 2 amide bonds. The fraction of sp³-hybridized carbons (Fsp3) is 0.273. The minimum Gasteiger partial charge on any atom is -0.550 e. The van der Waals surface area contributed by atoms with Crippen LogP contribution in [0.25, 0.3) is 44.8 Å². The number of para-hydroxylation sites is 2. The van der Waals surface area contributed by atoms with Crippen molar-refractivity contribution in [2.75, 3.05) is 10.6 Å². The maximum Gasteiger partial charge on any atom is 2.00 e. The topological polar surface area (TPSA) is 229 Å². The van der Waals surface area contributed by atoms with Crippen molar-refractivity contribution < 1.29 is 67.4 Å². The average molecular weight is 1190 g/mol. The second kappa shape index (κ2) is 31.1. The molecular weight excluding hydrogens is 1120 g/mol. The van der Waals surface area contributed by atoms with Crippen molar-refractivity contribution in [1.29, 1.82) is 0 Å². The third-order valence-electron chi connectivity index (χ3n) is 14.1. The van der Waals surface area contributed by atoms with Crippen molar-refractivity contribution in [2.45, 2.75) is 115 Å². The molecule has 2 heterocycles. The number of carbonyl (C=O) groups is 4. The summed E-state index contributed by atoms with van der Waals surface area (Å²) in [7, 11) is 0. The molecular formula is C66H66CaF4N4O10. The molecule has 0 saturated heterocycles. The Kier molecular flexibility index (Phi) is 24.4. The van der Waals surface area contributed by atoms with Gasteiger partial charge in [-0.2, -0.15) is 0 Å². The molecule has 0 aliphatic rings. The molecule has 2 aromatic heterocycles. The van der Waals surface area contributed by atoms with Crippen molar-refractivity contribution in [3.63, 3.8) is 0 Å². The number of amides is 2. The summed E-state index contributed by atoms with van der Waals surface area (Å²) in [4.78, 5) is 49.8. The monoisotopic (exact) mass is 1190 g/mol. The first-order valence-corrected chi connectivity index (χ1v) is 27.4. The number of aliphatic carboxylic acids is 2. The first-order chi connectivity index (χ1) is 40.2. The molecule has 0 aliphatic heterocycles. The Morgan fingerprint density at radius 2 is 0.741 bits per heavy atom. The summed E-state index contributed by atoms with van der Waals surface area (Å²) in [5.74, 6) is -5.35. The van der Waals surface area contributed by atoms with Crippen molar-refractivity contribution in [1.82, 2.24) is 9.13 Å². The molecule has 0 bridgehead atoms. The number of halogens is 4. The molecule has 0 saturated carbocycles. The summed E-state index contributed by atoms with van der Waals surface area (Å²) in [5, 5.41) is 68.6. The fourth-order valence-electron chi connectivity index (χ4n) is 10.3. The predicted octanol–water partition coefficient (Wildman–Crippen LogP) is 9.47. The zero-order valence-electron chi connectivity index (χ0n) is 47.4. The number of benzene rings is 6. The molecule has 0 radical (unpaired) electrons. The summed E-state index contributed by atoms with van der Waals surface area (Å²) < 4.78 is 61.2. The Morgan fingerprint density at radius 1 is 0.447 bits per heavy atom. The van der Waals surface area contributed by atoms with Gasteiger partial charge in [-0.3, -0.25) is 9.59 Å². The number of aliphatic hydroxyl groups is 4. The Hall–Kier alpha value is -7.42. The standard InChI is InChI=1S/2C33H34F2N2O5.Ca/c2*1-20(2)31-29(33(42)36-24-11-7-4-8-12-24)28(21-9-5-3-6-10-21)32(22-13-15-23(34)16-14-22)37(31)18-17-25(38)30(35)26(39)19-27(40)41;/h2*3-16,20,25-26,30,38-39H,17-19H2,1-2H3,(H,36,42)(H,40,41);/q;;+2/p-2/t2*25-,26+,30-;/m11./s1. The number of anilines is 2. The normalized spacial score (nSPS) is 13.3. The van der Waals surface area contributed by atoms with E-state index in [9.17, 15) is 67.4 Å². The van der Waals surface area contributed by atoms with Gasteiger partial charge in [0.1, 0.15) is 11.6 Å². The number of rotatable bonds is 24. The summed E-state index contributed by atoms with van der Waals surface area (Å²) >= 11 is 0. The molecule has 19 heteroatoms. The summed E-state index contributed by atoms with van der Waals surface area (Å²) in [6.07, 6.45) is -14.1. The van der Waals surface area contributed by atoms with Crippen molar-refractivity contribution in [3.05, 3.63) is 204 Å². The van der Waals surface area contributed by atoms with Gasteiger partial charge in [0.25, 0.3) is 11.8 Å². The van der Waals surface area contributed by atoms with Gasteiger partial charge in [0.2, 0.25) is 0 Å². The number of nitrogens with zero attached hydrogens (tertiary/aromatic N) is 2. The third kappa shape index (κ3) is 16.9. The first-order valence-electron chi connectivity index (χ1n) is 27.4. The maximum absolute atomic E-state index is 14.8. The Bertz CT molecular complexity index is 3250. The average Bonchev–Trinajstić information content (AvgIpc) is 1.92. The van der Waals surface area contributed by atoms with Crippen LogP contribution in [0.2, 0.25) is 0 Å². The number of carboxylic acid groups (broad SMARTS) is 2. The van der Waals surface area contributed by atoms with Gasteiger partial charge in [-0.25, -0.2) is 17.6 Å². The first kappa shape index (κ1) is 66.7. The number of alkyl halides is 2. The number of aromatic nitrogens is 2. The predicted molar refractivity (Wildman–Crippen MR) is 316 cm³/mol. The van der Waals surface area contributed by atoms with E-state index in [0.717, 1.165) is 11.1 Å². The van der Waals surface area contributed by atoms with Crippen molar-refractivity contribution in [2.24, 2.45) is 0 Å². The maximum atomic E-state index is 14.8. The largest absolute Gasteiger partial charge is 2.00 e. The van der Waals surface area contributed by atoms with E-state index in [1.165, 1.54) is 24.3 Å². The Morgan fingerprint density at radius 3 is 1.02 bits per heavy atom. The fourth-order valence-corrected chi connectivity index (χ4v) is 10.3. The molecule has 85 heavy (non-hydrogen) atoms. The van der Waals surface area contributed by atoms with E-state index >= 15 is 0 Å². The second-order valence-electron chi connectivity index (χ2n) is 20.9. The van der Waals surface area contributed by atoms with Gasteiger partial charge in [-0.05, 0) is 120 Å². The van der Waals surface area contributed by atoms with Crippen LogP contribution in [0.4, 0.5) is 28.9 Å². The van der Waals surface area contributed by atoms with E-state index in [-0.39, 0.29) is 87.3 Å². The number of carbonyl (C=O) groups excluding carboxylic acids is 4. The number of carboxylic acids is 2. The SMILES string of the molecule is CC(C)c1c(C(=O)Nc2ccccc2)c(-c2ccccc2)c(-c2ccc(F)cc2)n1CC[C@@H](O)[C@@H](F)[C@@H](O)CC(=O)[O-].CC(C)c1c(C(=O)Nc2ccccc2)c(-c2ccccc2)c(-c2ccc(F)cc2)n1CC[C@@H](O)[C@@H](F)[C@@H](O)CC(=O)[O-].[Ca+2]. The van der Waals surface area contributed by atoms with Gasteiger partial charge in [-0.15, -0.1) is 0 Å². The van der Waals surface area contributed by atoms with E-state index in [4.69, 9.17) is 0 Å². The Balaban J connectivity index is 0.000000269. The summed E-state index contributed by atoms with van der Waals surface area (Å²) in [6, 6.07) is 48.0. The van der Waals surface area contributed by atoms with Gasteiger partial charge in [0.15, 0.2) is 12.3 Å². The van der Waals surface area contributed by atoms with Crippen molar-refractivity contribution >= 4 is 72.9 Å². The van der Waals surface area contributed by atoms with Crippen LogP contribution in [-0.2, 0) is 22.7 Å². The van der Waals surface area contributed by atoms with E-state index in [2.05, 4.69) is 10.6 Å². The van der Waals surface area contributed by atoms with Crippen LogP contribution in [0.1, 0.15) is 97.3 Å². The molecule has 6 N–H and O–H groups in total. The van der Waals surface area contributed by atoms with Gasteiger partial charge in [-0.1, -0.05) is 125 Å². The van der Waals surface area contributed by atoms with Crippen LogP contribution in [0.15, 0.2) is 170 Å². The molecule has 14 nitrogen and oxygen atoms in total. The molecule has 6 atom stereocenters. The zero-order valence-corrected chi connectivity index (χ0v) is 49.6. The summed E-state index contributed by atoms with van der Waals surface area (Å²) in [6.45, 7) is 7.66. The molecule has 8 rings (SSSR count). The van der Waals surface area contributed by atoms with Gasteiger partial charge >= 0.3 is 37.7 Å². The van der Waals surface area contributed by atoms with Crippen molar-refractivity contribution in [3.8, 4) is 44.8 Å². The van der Waals surface area contributed by atoms with E-state index in [0.29, 0.717) is 67.5 Å². The van der Waals surface area contributed by atoms with Crippen LogP contribution in [-0.4, -0.2) is 128 Å². The third-order valence-corrected chi connectivity index (χ3v) is 14.1. The molecule has 6 aromatic carbocycles.